The van der Waals surface area contributed by atoms with Crippen molar-refractivity contribution in [3.05, 3.63) is 130 Å². The second kappa shape index (κ2) is 17.0. The van der Waals surface area contributed by atoms with Crippen LogP contribution in [-0.4, -0.2) is 17.6 Å². The molecule has 0 atom stereocenters. The van der Waals surface area contributed by atoms with Crippen LogP contribution in [0.3, 0.4) is 0 Å². The fraction of sp³-hybridized carbons (Fsp3) is 0.308. The largest absolute Gasteiger partial charge is 0.322 e. The molecule has 0 heterocycles. The van der Waals surface area contributed by atoms with Gasteiger partial charge in [0.1, 0.15) is 0 Å². The van der Waals surface area contributed by atoms with Crippen molar-refractivity contribution in [2.75, 3.05) is 10.6 Å². The minimum atomic E-state index is -0.225. The molecule has 0 aromatic heterocycles. The normalized spacial score (nSPS) is 10.8. The van der Waals surface area contributed by atoms with E-state index in [9.17, 15) is 14.4 Å². The molecule has 2 amide bonds. The van der Waals surface area contributed by atoms with E-state index >= 15 is 0 Å². The van der Waals surface area contributed by atoms with E-state index in [0.717, 1.165) is 24.2 Å². The van der Waals surface area contributed by atoms with Crippen LogP contribution in [0.15, 0.2) is 97.1 Å². The van der Waals surface area contributed by atoms with E-state index in [4.69, 9.17) is 0 Å². The first-order valence-electron chi connectivity index (χ1n) is 16.0. The zero-order chi connectivity index (χ0) is 31.1. The topological polar surface area (TPSA) is 75.3 Å². The molecular weight excluding hydrogens is 544 g/mol. The summed E-state index contributed by atoms with van der Waals surface area (Å²) in [4.78, 5) is 38.6. The molecule has 228 valence electrons. The Morgan fingerprint density at radius 1 is 0.432 bits per heavy atom. The van der Waals surface area contributed by atoms with E-state index in [-0.39, 0.29) is 17.6 Å². The molecule has 44 heavy (non-hydrogen) atoms. The van der Waals surface area contributed by atoms with E-state index < -0.39 is 0 Å². The Kier molecular flexibility index (Phi) is 12.5. The number of amides is 2. The molecule has 0 unspecified atom stereocenters. The van der Waals surface area contributed by atoms with E-state index in [1.165, 1.54) is 62.5 Å². The maximum Gasteiger partial charge on any atom is 0.255 e. The summed E-state index contributed by atoms with van der Waals surface area (Å²) in [5, 5.41) is 5.86. The molecule has 0 bridgehead atoms. The number of ketones is 1. The van der Waals surface area contributed by atoms with Crippen LogP contribution >= 0.6 is 0 Å². The summed E-state index contributed by atoms with van der Waals surface area (Å²) in [6.45, 7) is 4.42. The van der Waals surface area contributed by atoms with Crippen molar-refractivity contribution < 1.29 is 14.4 Å². The average Bonchev–Trinajstić information content (AvgIpc) is 3.06. The molecule has 4 rings (SSSR count). The summed E-state index contributed by atoms with van der Waals surface area (Å²) in [6.07, 6.45) is 11.9. The predicted octanol–water partition coefficient (Wildman–Crippen LogP) is 9.67. The molecule has 5 heteroatoms. The highest BCUT2D eigenvalue weighted by Gasteiger charge is 2.13. The lowest BCUT2D eigenvalue weighted by Crippen LogP contribution is -2.13. The van der Waals surface area contributed by atoms with Crippen LogP contribution in [0, 0.1) is 0 Å². The number of benzene rings is 4. The molecule has 0 saturated carbocycles. The van der Waals surface area contributed by atoms with Gasteiger partial charge in [0.15, 0.2) is 5.78 Å². The number of hydrogen-bond donors (Lipinski definition) is 2. The van der Waals surface area contributed by atoms with Crippen molar-refractivity contribution in [2.24, 2.45) is 0 Å². The van der Waals surface area contributed by atoms with Gasteiger partial charge in [-0.2, -0.15) is 0 Å². The van der Waals surface area contributed by atoms with Gasteiger partial charge in [-0.15, -0.1) is 0 Å². The summed E-state index contributed by atoms with van der Waals surface area (Å²) >= 11 is 0. The lowest BCUT2D eigenvalue weighted by Gasteiger charge is -2.09. The quantitative estimate of drug-likeness (QED) is 0.101. The second-order valence-corrected chi connectivity index (χ2v) is 11.4. The van der Waals surface area contributed by atoms with E-state index in [0.29, 0.717) is 22.3 Å². The molecule has 5 nitrogen and oxygen atoms in total. The lowest BCUT2D eigenvalue weighted by molar-refractivity contribution is 0.101. The first-order valence-corrected chi connectivity index (χ1v) is 16.0. The highest BCUT2D eigenvalue weighted by Crippen LogP contribution is 2.18. The molecular formula is C39H44N2O3. The third-order valence-corrected chi connectivity index (χ3v) is 7.88. The van der Waals surface area contributed by atoms with Crippen molar-refractivity contribution in [1.82, 2.24) is 0 Å². The third-order valence-electron chi connectivity index (χ3n) is 7.88. The van der Waals surface area contributed by atoms with Crippen LogP contribution < -0.4 is 10.6 Å². The van der Waals surface area contributed by atoms with Gasteiger partial charge < -0.3 is 10.6 Å². The van der Waals surface area contributed by atoms with Crippen LogP contribution in [0.25, 0.3) is 0 Å². The Morgan fingerprint density at radius 2 is 0.773 bits per heavy atom. The van der Waals surface area contributed by atoms with Gasteiger partial charge in [0.25, 0.3) is 11.8 Å². The summed E-state index contributed by atoms with van der Waals surface area (Å²) in [5.74, 6) is -0.624. The number of unbranched alkanes of at least 4 members (excludes halogenated alkanes) is 6. The molecule has 0 saturated heterocycles. The van der Waals surface area contributed by atoms with Gasteiger partial charge in [-0.1, -0.05) is 101 Å². The fourth-order valence-electron chi connectivity index (χ4n) is 5.14. The van der Waals surface area contributed by atoms with Gasteiger partial charge in [-0.25, -0.2) is 0 Å². The summed E-state index contributed by atoms with van der Waals surface area (Å²) < 4.78 is 0. The minimum absolute atomic E-state index is 0.173. The van der Waals surface area contributed by atoms with E-state index in [1.807, 2.05) is 24.3 Å². The van der Waals surface area contributed by atoms with E-state index in [1.54, 1.807) is 48.5 Å². The molecule has 4 aromatic rings. The number of aryl methyl sites for hydroxylation is 2. The van der Waals surface area contributed by atoms with E-state index in [2.05, 4.69) is 48.7 Å². The van der Waals surface area contributed by atoms with Crippen LogP contribution in [0.2, 0.25) is 0 Å². The Labute approximate surface area is 262 Å². The summed E-state index contributed by atoms with van der Waals surface area (Å²) in [7, 11) is 0. The van der Waals surface area contributed by atoms with Crippen LogP contribution in [0.5, 0.6) is 0 Å². The minimum Gasteiger partial charge on any atom is -0.322 e. The Morgan fingerprint density at radius 3 is 1.11 bits per heavy atom. The molecule has 0 aliphatic heterocycles. The maximum absolute atomic E-state index is 13.1. The van der Waals surface area contributed by atoms with Crippen molar-refractivity contribution >= 4 is 29.0 Å². The van der Waals surface area contributed by atoms with Crippen molar-refractivity contribution in [3.8, 4) is 0 Å². The highest BCUT2D eigenvalue weighted by molar-refractivity contribution is 6.11. The van der Waals surface area contributed by atoms with Crippen molar-refractivity contribution in [3.63, 3.8) is 0 Å². The number of rotatable bonds is 16. The molecule has 0 aliphatic carbocycles. The summed E-state index contributed by atoms with van der Waals surface area (Å²) in [5.41, 5.74) is 5.92. The molecule has 4 aromatic carbocycles. The van der Waals surface area contributed by atoms with Gasteiger partial charge in [0.05, 0.1) is 0 Å². The molecule has 0 aliphatic rings. The maximum atomic E-state index is 13.1. The zero-order valence-electron chi connectivity index (χ0n) is 26.0. The Hall–Kier alpha value is -4.51. The van der Waals surface area contributed by atoms with Crippen molar-refractivity contribution in [1.29, 1.82) is 0 Å². The molecule has 0 spiro atoms. The first-order chi connectivity index (χ1) is 21.5. The average molecular weight is 589 g/mol. The Balaban J connectivity index is 1.27. The number of carbonyl (C=O) groups is 3. The fourth-order valence-corrected chi connectivity index (χ4v) is 5.14. The number of hydrogen-bond acceptors (Lipinski definition) is 3. The van der Waals surface area contributed by atoms with Crippen LogP contribution in [0.4, 0.5) is 11.4 Å². The van der Waals surface area contributed by atoms with Gasteiger partial charge >= 0.3 is 0 Å². The van der Waals surface area contributed by atoms with Crippen LogP contribution in [-0.2, 0) is 12.8 Å². The van der Waals surface area contributed by atoms with Gasteiger partial charge in [-0.05, 0) is 85.3 Å². The lowest BCUT2D eigenvalue weighted by atomic mass is 10.0. The van der Waals surface area contributed by atoms with Crippen LogP contribution in [0.1, 0.15) is 113 Å². The monoisotopic (exact) mass is 588 g/mol. The van der Waals surface area contributed by atoms with Crippen molar-refractivity contribution in [2.45, 2.75) is 78.1 Å². The van der Waals surface area contributed by atoms with Gasteiger partial charge in [0, 0.05) is 33.6 Å². The van der Waals surface area contributed by atoms with Gasteiger partial charge in [-0.3, -0.25) is 14.4 Å². The molecule has 0 radical (unpaired) electrons. The molecule has 0 fully saturated rings. The molecule has 2 N–H and O–H groups in total. The number of nitrogens with one attached hydrogen (secondary N) is 2. The zero-order valence-corrected chi connectivity index (χ0v) is 26.0. The third kappa shape index (κ3) is 9.77. The van der Waals surface area contributed by atoms with Gasteiger partial charge in [0.2, 0.25) is 0 Å². The summed E-state index contributed by atoms with van der Waals surface area (Å²) in [6, 6.07) is 29.2. The number of carbonyl (C=O) groups excluding carboxylic acids is 3. The second-order valence-electron chi connectivity index (χ2n) is 11.4. The predicted molar refractivity (Wildman–Crippen MR) is 181 cm³/mol. The smallest absolute Gasteiger partial charge is 0.255 e. The first kappa shape index (κ1) is 32.4. The standard InChI is InChI=1S/C39H44N2O3/c1-3-5-7-9-11-29-13-25-35(26-14-29)40-38(43)33-21-17-31(18-22-33)37(42)32-19-23-34(24-20-32)39(44)41-36-27-15-30(16-28-36)12-10-8-6-4-2/h13-28H,3-12H2,1-2H3,(H,40,43)(H,41,44). The Bertz CT molecular complexity index is 1370. The highest BCUT2D eigenvalue weighted by atomic mass is 16.2. The SMILES string of the molecule is CCCCCCc1ccc(NC(=O)c2ccc(C(=O)c3ccc(C(=O)Nc4ccc(CCCCCC)cc4)cc3)cc2)cc1. The number of anilines is 2.